The number of hydrogen-bond acceptors (Lipinski definition) is 11. The molecule has 196 valence electrons. The van der Waals surface area contributed by atoms with Crippen molar-refractivity contribution in [2.45, 2.75) is 39.0 Å². The summed E-state index contributed by atoms with van der Waals surface area (Å²) in [7, 11) is 0. The highest BCUT2D eigenvalue weighted by Crippen LogP contribution is 2.30. The molecule has 1 aromatic carbocycles. The number of aromatic amines is 1. The Labute approximate surface area is 216 Å². The van der Waals surface area contributed by atoms with Crippen molar-refractivity contribution in [1.29, 1.82) is 0 Å². The van der Waals surface area contributed by atoms with E-state index >= 15 is 0 Å². The molecule has 0 amide bonds. The fraction of sp³-hybridized carbons (Fsp3) is 0.280. The molecule has 0 bridgehead atoms. The van der Waals surface area contributed by atoms with Crippen molar-refractivity contribution < 1.29 is 14.7 Å². The molecule has 4 heterocycles. The van der Waals surface area contributed by atoms with Gasteiger partial charge in [-0.3, -0.25) is 14.6 Å². The second-order valence-corrected chi connectivity index (χ2v) is 9.11. The first-order valence-electron chi connectivity index (χ1n) is 12.0. The quantitative estimate of drug-likeness (QED) is 0.194. The number of aryl methyl sites for hydroxylation is 1. The smallest absolute Gasteiger partial charge is 0.273 e. The van der Waals surface area contributed by atoms with Crippen molar-refractivity contribution in [2.24, 2.45) is 0 Å². The third-order valence-corrected chi connectivity index (χ3v) is 5.86. The van der Waals surface area contributed by atoms with Gasteiger partial charge in [-0.25, -0.2) is 9.97 Å². The van der Waals surface area contributed by atoms with Crippen LogP contribution in [0.5, 0.6) is 0 Å². The van der Waals surface area contributed by atoms with Crippen molar-refractivity contribution in [3.05, 3.63) is 70.4 Å². The second kappa shape index (κ2) is 10.0. The largest absolute Gasteiger partial charge is 0.394 e. The number of pyridine rings is 1. The molecule has 5 N–H and O–H groups in total. The number of fused-ring (bicyclic) bond motifs is 1. The minimum Gasteiger partial charge on any atom is -0.394 e. The summed E-state index contributed by atoms with van der Waals surface area (Å²) in [6.07, 6.45) is 1.50. The third-order valence-electron chi connectivity index (χ3n) is 5.86. The number of rotatable bonds is 9. The lowest BCUT2D eigenvalue weighted by atomic mass is 10.1. The van der Waals surface area contributed by atoms with Crippen molar-refractivity contribution in [1.82, 2.24) is 34.9 Å². The van der Waals surface area contributed by atoms with E-state index in [4.69, 9.17) is 4.52 Å². The van der Waals surface area contributed by atoms with Gasteiger partial charge < -0.3 is 25.4 Å². The minimum absolute atomic E-state index is 0.0970. The van der Waals surface area contributed by atoms with Crippen LogP contribution in [0.2, 0.25) is 0 Å². The van der Waals surface area contributed by atoms with E-state index in [9.17, 15) is 15.0 Å². The fourth-order valence-corrected chi connectivity index (χ4v) is 3.85. The second-order valence-electron chi connectivity index (χ2n) is 9.11. The summed E-state index contributed by atoms with van der Waals surface area (Å²) >= 11 is 0. The van der Waals surface area contributed by atoms with Crippen LogP contribution in [0.1, 0.15) is 38.2 Å². The Bertz CT molecular complexity index is 1620. The summed E-state index contributed by atoms with van der Waals surface area (Å²) in [6, 6.07) is 12.3. The number of nitrogens with zero attached hydrogens (tertiary/aromatic N) is 6. The maximum Gasteiger partial charge on any atom is 0.273 e. The first-order chi connectivity index (χ1) is 18.3. The average molecular weight is 518 g/mol. The molecular weight excluding hydrogens is 490 g/mol. The average Bonchev–Trinajstić information content (AvgIpc) is 3.53. The highest BCUT2D eigenvalue weighted by molar-refractivity contribution is 5.77. The van der Waals surface area contributed by atoms with Crippen LogP contribution in [0, 0.1) is 0 Å². The van der Waals surface area contributed by atoms with Crippen molar-refractivity contribution in [2.75, 3.05) is 17.2 Å². The van der Waals surface area contributed by atoms with Gasteiger partial charge in [-0.1, -0.05) is 35.5 Å². The van der Waals surface area contributed by atoms with Gasteiger partial charge in [-0.15, -0.1) is 0 Å². The lowest BCUT2D eigenvalue weighted by molar-refractivity contribution is 0.0661. The zero-order chi connectivity index (χ0) is 26.9. The Balaban J connectivity index is 1.53. The topological polar surface area (TPSA) is 180 Å². The van der Waals surface area contributed by atoms with Crippen LogP contribution < -0.4 is 16.2 Å². The van der Waals surface area contributed by atoms with Crippen LogP contribution >= 0.6 is 0 Å². The molecule has 0 radical (unpaired) electrons. The van der Waals surface area contributed by atoms with E-state index in [-0.39, 0.29) is 29.8 Å². The minimum atomic E-state index is -1.31. The number of aliphatic hydroxyl groups is 2. The molecule has 0 saturated carbocycles. The van der Waals surface area contributed by atoms with Crippen LogP contribution in [-0.4, -0.2) is 51.7 Å². The maximum absolute atomic E-state index is 12.1. The highest BCUT2D eigenvalue weighted by atomic mass is 16.5. The summed E-state index contributed by atoms with van der Waals surface area (Å²) in [4.78, 5) is 30.0. The third kappa shape index (κ3) is 4.96. The van der Waals surface area contributed by atoms with Gasteiger partial charge in [0, 0.05) is 12.7 Å². The molecule has 0 unspecified atom stereocenters. The van der Waals surface area contributed by atoms with E-state index in [1.807, 2.05) is 37.3 Å². The molecule has 0 aliphatic carbocycles. The fourth-order valence-electron chi connectivity index (χ4n) is 3.85. The number of H-pyrrole nitrogens is 1. The zero-order valence-electron chi connectivity index (χ0n) is 21.0. The summed E-state index contributed by atoms with van der Waals surface area (Å²) in [5.41, 5.74) is 0.202. The normalized spacial score (nSPS) is 12.6. The predicted molar refractivity (Wildman–Crippen MR) is 140 cm³/mol. The van der Waals surface area contributed by atoms with Crippen LogP contribution in [0.3, 0.4) is 0 Å². The van der Waals surface area contributed by atoms with Gasteiger partial charge in [0.1, 0.15) is 22.8 Å². The van der Waals surface area contributed by atoms with Crippen molar-refractivity contribution in [3.8, 4) is 11.5 Å². The number of benzene rings is 1. The predicted octanol–water partition coefficient (Wildman–Crippen LogP) is 2.70. The van der Waals surface area contributed by atoms with Gasteiger partial charge in [0.25, 0.3) is 11.4 Å². The van der Waals surface area contributed by atoms with E-state index in [1.165, 1.54) is 6.20 Å². The zero-order valence-corrected chi connectivity index (χ0v) is 21.0. The molecule has 0 aliphatic heterocycles. The lowest BCUT2D eigenvalue weighted by Gasteiger charge is -2.19. The summed E-state index contributed by atoms with van der Waals surface area (Å²) < 4.78 is 7.05. The SMILES string of the molecule is CCn1[nH]c(=O)c2ccc(Nc3ncc(-c4nc(C(C)(C)O)no4)c(N[C@H](CO)c4ccccc4)n3)nc21. The number of anilines is 3. The summed E-state index contributed by atoms with van der Waals surface area (Å²) in [6.45, 7) is 5.34. The Kier molecular flexibility index (Phi) is 6.61. The van der Waals surface area contributed by atoms with Gasteiger partial charge in [0.2, 0.25) is 11.8 Å². The molecular formula is C25H27N9O4. The van der Waals surface area contributed by atoms with E-state index in [1.54, 1.807) is 30.7 Å². The van der Waals surface area contributed by atoms with Crippen LogP contribution in [0.15, 0.2) is 58.0 Å². The maximum atomic E-state index is 12.1. The van der Waals surface area contributed by atoms with E-state index in [2.05, 4.69) is 40.8 Å². The molecule has 13 heteroatoms. The van der Waals surface area contributed by atoms with Gasteiger partial charge in [0.15, 0.2) is 5.65 Å². The first-order valence-corrected chi connectivity index (χ1v) is 12.0. The Morgan fingerprint density at radius 3 is 2.61 bits per heavy atom. The Morgan fingerprint density at radius 1 is 1.13 bits per heavy atom. The van der Waals surface area contributed by atoms with E-state index in [0.29, 0.717) is 34.8 Å². The lowest BCUT2D eigenvalue weighted by Crippen LogP contribution is -2.18. The number of hydrogen-bond donors (Lipinski definition) is 5. The van der Waals surface area contributed by atoms with E-state index in [0.717, 1.165) is 5.56 Å². The van der Waals surface area contributed by atoms with E-state index < -0.39 is 11.6 Å². The van der Waals surface area contributed by atoms with Gasteiger partial charge in [-0.2, -0.15) is 9.97 Å². The number of nitrogens with one attached hydrogen (secondary N) is 3. The standard InChI is InChI=1S/C25H27N9O4/c1-4-34-20-15(21(36)32-34)10-11-18(28-20)29-24-26-12-16(22-31-23(33-38-22)25(2,3)37)19(30-24)27-17(13-35)14-8-6-5-7-9-14/h5-12,17,35,37H,4,13H2,1-3H3,(H,32,36)(H2,26,27,28,29,30)/t17-/m1/s1. The van der Waals surface area contributed by atoms with Gasteiger partial charge in [-0.05, 0) is 38.5 Å². The molecule has 4 aromatic heterocycles. The van der Waals surface area contributed by atoms with Crippen molar-refractivity contribution >= 4 is 28.6 Å². The van der Waals surface area contributed by atoms with Crippen LogP contribution in [0.25, 0.3) is 22.5 Å². The molecule has 0 saturated heterocycles. The molecule has 5 aromatic rings. The summed E-state index contributed by atoms with van der Waals surface area (Å²) in [5, 5.41) is 33.8. The highest BCUT2D eigenvalue weighted by Gasteiger charge is 2.26. The monoisotopic (exact) mass is 517 g/mol. The molecule has 0 fully saturated rings. The molecule has 1 atom stereocenters. The van der Waals surface area contributed by atoms with Crippen LogP contribution in [0.4, 0.5) is 17.6 Å². The van der Waals surface area contributed by atoms with Gasteiger partial charge >= 0.3 is 0 Å². The van der Waals surface area contributed by atoms with Gasteiger partial charge in [0.05, 0.1) is 18.0 Å². The first kappa shape index (κ1) is 25.0. The molecule has 5 rings (SSSR count). The molecule has 38 heavy (non-hydrogen) atoms. The van der Waals surface area contributed by atoms with Crippen LogP contribution in [-0.2, 0) is 12.1 Å². The molecule has 13 nitrogen and oxygen atoms in total. The number of aromatic nitrogens is 7. The Morgan fingerprint density at radius 2 is 1.92 bits per heavy atom. The number of aliphatic hydroxyl groups excluding tert-OH is 1. The molecule has 0 spiro atoms. The Hall–Kier alpha value is -4.62. The molecule has 0 aliphatic rings. The van der Waals surface area contributed by atoms with Crippen molar-refractivity contribution in [3.63, 3.8) is 0 Å². The summed E-state index contributed by atoms with van der Waals surface area (Å²) in [5.74, 6) is 1.15.